The molecule has 1 aromatic carbocycles. The van der Waals surface area contributed by atoms with E-state index < -0.39 is 0 Å². The first kappa shape index (κ1) is 18.8. The van der Waals surface area contributed by atoms with Crippen LogP contribution in [0.1, 0.15) is 21.6 Å². The molecule has 0 radical (unpaired) electrons. The molecule has 3 aromatic rings. The van der Waals surface area contributed by atoms with Crippen molar-refractivity contribution in [2.75, 3.05) is 13.7 Å². The van der Waals surface area contributed by atoms with Crippen molar-refractivity contribution < 1.29 is 9.53 Å². The first-order chi connectivity index (χ1) is 12.5. The minimum Gasteiger partial charge on any atom is -0.375 e. The number of methoxy groups -OCH3 is 1. The standard InChI is InChI=1S/C20H21ClN2O2S/c1-13-6-7-15-9-16(20(21)22-19(15)14(13)2)10-23(18(24)12-25-3)11-17-5-4-8-26-17/h4-9H,10-12H2,1-3H3. The van der Waals surface area contributed by atoms with Gasteiger partial charge in [-0.15, -0.1) is 11.3 Å². The highest BCUT2D eigenvalue weighted by Crippen LogP contribution is 2.26. The zero-order valence-electron chi connectivity index (χ0n) is 15.1. The Labute approximate surface area is 162 Å². The van der Waals surface area contributed by atoms with Crippen LogP contribution in [0, 0.1) is 13.8 Å². The minimum absolute atomic E-state index is 0.0440. The lowest BCUT2D eigenvalue weighted by Crippen LogP contribution is -2.32. The van der Waals surface area contributed by atoms with Gasteiger partial charge in [0.1, 0.15) is 11.8 Å². The van der Waals surface area contributed by atoms with E-state index in [4.69, 9.17) is 16.3 Å². The number of nitrogens with zero attached hydrogens (tertiary/aromatic N) is 2. The predicted molar refractivity (Wildman–Crippen MR) is 107 cm³/mol. The summed E-state index contributed by atoms with van der Waals surface area (Å²) in [6.07, 6.45) is 0. The Kier molecular flexibility index (Phi) is 5.91. The number of pyridine rings is 1. The van der Waals surface area contributed by atoms with Crippen LogP contribution < -0.4 is 0 Å². The summed E-state index contributed by atoms with van der Waals surface area (Å²) in [4.78, 5) is 20.0. The molecule has 0 N–H and O–H groups in total. The normalized spacial score (nSPS) is 11.1. The van der Waals surface area contributed by atoms with Gasteiger partial charge in [-0.25, -0.2) is 4.98 Å². The number of ether oxygens (including phenoxy) is 1. The van der Waals surface area contributed by atoms with Gasteiger partial charge in [-0.05, 0) is 42.5 Å². The molecule has 2 heterocycles. The molecular weight excluding hydrogens is 368 g/mol. The van der Waals surface area contributed by atoms with Gasteiger partial charge < -0.3 is 9.64 Å². The lowest BCUT2D eigenvalue weighted by Gasteiger charge is -2.22. The summed E-state index contributed by atoms with van der Waals surface area (Å²) >= 11 is 8.08. The quantitative estimate of drug-likeness (QED) is 0.572. The molecule has 136 valence electrons. The van der Waals surface area contributed by atoms with E-state index in [1.807, 2.05) is 36.6 Å². The monoisotopic (exact) mass is 388 g/mol. The van der Waals surface area contributed by atoms with E-state index in [1.165, 1.54) is 12.7 Å². The smallest absolute Gasteiger partial charge is 0.249 e. The number of amides is 1. The first-order valence-electron chi connectivity index (χ1n) is 8.34. The van der Waals surface area contributed by atoms with Crippen LogP contribution in [0.5, 0.6) is 0 Å². The van der Waals surface area contributed by atoms with Crippen LogP contribution in [0.2, 0.25) is 5.15 Å². The van der Waals surface area contributed by atoms with Gasteiger partial charge >= 0.3 is 0 Å². The Balaban J connectivity index is 1.93. The summed E-state index contributed by atoms with van der Waals surface area (Å²) in [5, 5.41) is 3.47. The van der Waals surface area contributed by atoms with Crippen LogP contribution in [-0.4, -0.2) is 29.5 Å². The number of hydrogen-bond donors (Lipinski definition) is 0. The highest BCUT2D eigenvalue weighted by molar-refractivity contribution is 7.09. The second-order valence-corrected chi connectivity index (χ2v) is 7.67. The molecule has 0 aliphatic rings. The average Bonchev–Trinajstić information content (AvgIpc) is 3.12. The lowest BCUT2D eigenvalue weighted by molar-refractivity contribution is -0.136. The van der Waals surface area contributed by atoms with Crippen LogP contribution in [-0.2, 0) is 22.6 Å². The maximum Gasteiger partial charge on any atom is 0.249 e. The van der Waals surface area contributed by atoms with Crippen molar-refractivity contribution in [1.29, 1.82) is 0 Å². The van der Waals surface area contributed by atoms with Crippen molar-refractivity contribution in [3.8, 4) is 0 Å². The summed E-state index contributed by atoms with van der Waals surface area (Å²) in [5.74, 6) is -0.0721. The Morgan fingerprint density at radius 2 is 2.08 bits per heavy atom. The van der Waals surface area contributed by atoms with E-state index in [2.05, 4.69) is 18.0 Å². The molecule has 0 saturated carbocycles. The van der Waals surface area contributed by atoms with Gasteiger partial charge in [0.05, 0.1) is 12.1 Å². The summed E-state index contributed by atoms with van der Waals surface area (Å²) in [6.45, 7) is 5.08. The molecule has 0 spiro atoms. The number of aryl methyl sites for hydroxylation is 2. The summed E-state index contributed by atoms with van der Waals surface area (Å²) in [7, 11) is 1.52. The van der Waals surface area contributed by atoms with E-state index in [-0.39, 0.29) is 12.5 Å². The molecule has 4 nitrogen and oxygen atoms in total. The number of fused-ring (bicyclic) bond motifs is 1. The molecule has 1 amide bonds. The van der Waals surface area contributed by atoms with Gasteiger partial charge in [-0.1, -0.05) is 29.8 Å². The van der Waals surface area contributed by atoms with Crippen molar-refractivity contribution in [3.05, 3.63) is 62.4 Å². The zero-order valence-corrected chi connectivity index (χ0v) is 16.7. The zero-order chi connectivity index (χ0) is 18.7. The van der Waals surface area contributed by atoms with Gasteiger partial charge in [0, 0.05) is 29.5 Å². The van der Waals surface area contributed by atoms with E-state index in [1.54, 1.807) is 16.2 Å². The van der Waals surface area contributed by atoms with Crippen molar-refractivity contribution in [3.63, 3.8) is 0 Å². The second-order valence-electron chi connectivity index (χ2n) is 6.28. The lowest BCUT2D eigenvalue weighted by atomic mass is 10.0. The Morgan fingerprint density at radius 3 is 2.77 bits per heavy atom. The number of halogens is 1. The molecule has 3 rings (SSSR count). The second kappa shape index (κ2) is 8.16. The predicted octanol–water partition coefficient (Wildman–Crippen LogP) is 4.74. The van der Waals surface area contributed by atoms with E-state index in [0.29, 0.717) is 18.2 Å². The highest BCUT2D eigenvalue weighted by Gasteiger charge is 2.18. The molecule has 2 aromatic heterocycles. The van der Waals surface area contributed by atoms with Gasteiger partial charge in [0.25, 0.3) is 0 Å². The van der Waals surface area contributed by atoms with Crippen LogP contribution >= 0.6 is 22.9 Å². The molecule has 0 aliphatic carbocycles. The van der Waals surface area contributed by atoms with Gasteiger partial charge in [-0.2, -0.15) is 0 Å². The third-order valence-electron chi connectivity index (χ3n) is 4.45. The Morgan fingerprint density at radius 1 is 1.27 bits per heavy atom. The Hall–Kier alpha value is -1.95. The largest absolute Gasteiger partial charge is 0.375 e. The molecule has 0 atom stereocenters. The number of carbonyl (C=O) groups is 1. The number of rotatable bonds is 6. The molecule has 0 saturated heterocycles. The fourth-order valence-electron chi connectivity index (χ4n) is 2.86. The molecule has 0 bridgehead atoms. The summed E-state index contributed by atoms with van der Waals surface area (Å²) in [6, 6.07) is 10.2. The van der Waals surface area contributed by atoms with Crippen LogP contribution in [0.4, 0.5) is 0 Å². The van der Waals surface area contributed by atoms with Crippen molar-refractivity contribution >= 4 is 39.7 Å². The van der Waals surface area contributed by atoms with Crippen LogP contribution in [0.15, 0.2) is 35.7 Å². The summed E-state index contributed by atoms with van der Waals surface area (Å²) < 4.78 is 5.03. The number of thiophene rings is 1. The topological polar surface area (TPSA) is 42.4 Å². The molecule has 26 heavy (non-hydrogen) atoms. The van der Waals surface area contributed by atoms with Crippen molar-refractivity contribution in [1.82, 2.24) is 9.88 Å². The fourth-order valence-corrected chi connectivity index (χ4v) is 3.78. The molecule has 0 fully saturated rings. The number of carbonyl (C=O) groups excluding carboxylic acids is 1. The minimum atomic E-state index is -0.0721. The Bertz CT molecular complexity index is 925. The fraction of sp³-hybridized carbons (Fsp3) is 0.300. The molecular formula is C20H21ClN2O2S. The SMILES string of the molecule is COCC(=O)N(Cc1cccs1)Cc1cc2ccc(C)c(C)c2nc1Cl. The average molecular weight is 389 g/mol. The molecule has 6 heteroatoms. The maximum atomic E-state index is 12.5. The number of hydrogen-bond acceptors (Lipinski definition) is 4. The first-order valence-corrected chi connectivity index (χ1v) is 9.59. The highest BCUT2D eigenvalue weighted by atomic mass is 35.5. The summed E-state index contributed by atoms with van der Waals surface area (Å²) in [5.41, 5.74) is 4.06. The van der Waals surface area contributed by atoms with Gasteiger partial charge in [0.2, 0.25) is 5.91 Å². The van der Waals surface area contributed by atoms with E-state index in [9.17, 15) is 4.79 Å². The third kappa shape index (κ3) is 4.06. The number of aromatic nitrogens is 1. The van der Waals surface area contributed by atoms with Gasteiger partial charge in [-0.3, -0.25) is 4.79 Å². The molecule has 0 unspecified atom stereocenters. The van der Waals surface area contributed by atoms with E-state index in [0.717, 1.165) is 26.9 Å². The van der Waals surface area contributed by atoms with Gasteiger partial charge in [0.15, 0.2) is 0 Å². The molecule has 0 aliphatic heterocycles. The van der Waals surface area contributed by atoms with Crippen molar-refractivity contribution in [2.45, 2.75) is 26.9 Å². The maximum absolute atomic E-state index is 12.5. The number of benzene rings is 1. The van der Waals surface area contributed by atoms with E-state index >= 15 is 0 Å². The van der Waals surface area contributed by atoms with Crippen molar-refractivity contribution in [2.24, 2.45) is 0 Å². The van der Waals surface area contributed by atoms with Crippen LogP contribution in [0.3, 0.4) is 0 Å². The third-order valence-corrected chi connectivity index (χ3v) is 5.63. The van der Waals surface area contributed by atoms with Crippen LogP contribution in [0.25, 0.3) is 10.9 Å².